The summed E-state index contributed by atoms with van der Waals surface area (Å²) in [7, 11) is 0. The Morgan fingerprint density at radius 3 is 1.78 bits per heavy atom. The molecule has 0 N–H and O–H groups in total. The van der Waals surface area contributed by atoms with Crippen LogP contribution in [0, 0.1) is 11.8 Å². The van der Waals surface area contributed by atoms with E-state index in [-0.39, 0.29) is 11.8 Å². The van der Waals surface area contributed by atoms with Gasteiger partial charge in [0.2, 0.25) is 0 Å². The van der Waals surface area contributed by atoms with Gasteiger partial charge in [0.1, 0.15) is 0 Å². The molecule has 1 atom stereocenters. The SMILES string of the molecule is CCCCCCCC/C=C/CCCCCCC(C(=O)[O-])C(C)C. The summed E-state index contributed by atoms with van der Waals surface area (Å²) in [5.41, 5.74) is 0. The van der Waals surface area contributed by atoms with Crippen LogP contribution >= 0.6 is 0 Å². The summed E-state index contributed by atoms with van der Waals surface area (Å²) in [6.45, 7) is 6.19. The van der Waals surface area contributed by atoms with E-state index in [4.69, 9.17) is 0 Å². The fourth-order valence-corrected chi connectivity index (χ4v) is 2.98. The second-order valence-electron chi connectivity index (χ2n) is 7.19. The Bertz CT molecular complexity index is 294. The van der Waals surface area contributed by atoms with E-state index >= 15 is 0 Å². The predicted molar refractivity (Wildman–Crippen MR) is 98.2 cm³/mol. The molecule has 23 heavy (non-hydrogen) atoms. The minimum Gasteiger partial charge on any atom is -0.550 e. The summed E-state index contributed by atoms with van der Waals surface area (Å²) in [5, 5.41) is 11.0. The molecule has 0 aromatic rings. The van der Waals surface area contributed by atoms with Crippen LogP contribution in [0.25, 0.3) is 0 Å². The first kappa shape index (κ1) is 22.2. The molecule has 0 radical (unpaired) electrons. The first-order valence-corrected chi connectivity index (χ1v) is 9.95. The summed E-state index contributed by atoms with van der Waals surface area (Å²) >= 11 is 0. The van der Waals surface area contributed by atoms with Gasteiger partial charge in [0.05, 0.1) is 0 Å². The maximum Gasteiger partial charge on any atom is 0.0447 e. The zero-order chi connectivity index (χ0) is 17.3. The van der Waals surface area contributed by atoms with Crippen LogP contribution in [0.2, 0.25) is 0 Å². The van der Waals surface area contributed by atoms with Crippen molar-refractivity contribution in [2.75, 3.05) is 0 Å². The molecule has 0 bridgehead atoms. The van der Waals surface area contributed by atoms with Gasteiger partial charge in [0.25, 0.3) is 0 Å². The minimum atomic E-state index is -0.877. The number of hydrogen-bond acceptors (Lipinski definition) is 2. The first-order valence-electron chi connectivity index (χ1n) is 9.95. The van der Waals surface area contributed by atoms with Crippen molar-refractivity contribution < 1.29 is 9.90 Å². The fourth-order valence-electron chi connectivity index (χ4n) is 2.98. The second-order valence-corrected chi connectivity index (χ2v) is 7.19. The van der Waals surface area contributed by atoms with E-state index in [9.17, 15) is 9.90 Å². The van der Waals surface area contributed by atoms with Crippen molar-refractivity contribution >= 4 is 5.97 Å². The zero-order valence-electron chi connectivity index (χ0n) is 15.8. The van der Waals surface area contributed by atoms with Crippen molar-refractivity contribution in [3.63, 3.8) is 0 Å². The highest BCUT2D eigenvalue weighted by Gasteiger charge is 2.13. The lowest BCUT2D eigenvalue weighted by Crippen LogP contribution is -2.34. The summed E-state index contributed by atoms with van der Waals surface area (Å²) in [4.78, 5) is 11.0. The van der Waals surface area contributed by atoms with Gasteiger partial charge in [-0.2, -0.15) is 0 Å². The molecule has 0 rings (SSSR count). The lowest BCUT2D eigenvalue weighted by atomic mass is 9.90. The van der Waals surface area contributed by atoms with E-state index in [0.29, 0.717) is 0 Å². The summed E-state index contributed by atoms with van der Waals surface area (Å²) in [6.07, 6.45) is 20.6. The number of carbonyl (C=O) groups excluding carboxylic acids is 1. The monoisotopic (exact) mass is 323 g/mol. The molecule has 0 amide bonds. The second kappa shape index (κ2) is 16.1. The van der Waals surface area contributed by atoms with Crippen molar-refractivity contribution in [3.05, 3.63) is 12.2 Å². The molecule has 0 aliphatic carbocycles. The third-order valence-corrected chi connectivity index (χ3v) is 4.63. The Hall–Kier alpha value is -0.790. The van der Waals surface area contributed by atoms with Gasteiger partial charge in [-0.3, -0.25) is 0 Å². The number of carboxylic acids is 1. The van der Waals surface area contributed by atoms with Crippen LogP contribution in [-0.4, -0.2) is 5.97 Å². The third kappa shape index (κ3) is 14.5. The number of carbonyl (C=O) groups is 1. The molecular weight excluding hydrogens is 284 g/mol. The Balaban J connectivity index is 3.35. The van der Waals surface area contributed by atoms with Crippen molar-refractivity contribution in [2.24, 2.45) is 11.8 Å². The molecule has 0 aliphatic rings. The minimum absolute atomic E-state index is 0.185. The molecule has 136 valence electrons. The number of hydrogen-bond donors (Lipinski definition) is 0. The van der Waals surface area contributed by atoms with Crippen molar-refractivity contribution in [2.45, 2.75) is 104 Å². The summed E-state index contributed by atoms with van der Waals surface area (Å²) < 4.78 is 0. The number of rotatable bonds is 16. The maximum atomic E-state index is 11.0. The van der Waals surface area contributed by atoms with Crippen LogP contribution in [0.1, 0.15) is 104 Å². The molecule has 2 nitrogen and oxygen atoms in total. The van der Waals surface area contributed by atoms with Crippen molar-refractivity contribution in [1.82, 2.24) is 0 Å². The average molecular weight is 324 g/mol. The Labute approximate surface area is 144 Å². The summed E-state index contributed by atoms with van der Waals surface area (Å²) in [5.74, 6) is -0.963. The van der Waals surface area contributed by atoms with Gasteiger partial charge in [-0.05, 0) is 38.0 Å². The van der Waals surface area contributed by atoms with Gasteiger partial charge in [0.15, 0.2) is 0 Å². The van der Waals surface area contributed by atoms with Crippen LogP contribution in [0.4, 0.5) is 0 Å². The smallest absolute Gasteiger partial charge is 0.0447 e. The fraction of sp³-hybridized carbons (Fsp3) is 0.857. The topological polar surface area (TPSA) is 40.1 Å². The van der Waals surface area contributed by atoms with Crippen LogP contribution < -0.4 is 5.11 Å². The lowest BCUT2D eigenvalue weighted by Gasteiger charge is -2.21. The molecule has 0 spiro atoms. The Morgan fingerprint density at radius 1 is 0.826 bits per heavy atom. The number of carboxylic acid groups (broad SMARTS) is 1. The molecule has 2 heteroatoms. The highest BCUT2D eigenvalue weighted by molar-refractivity contribution is 5.67. The molecule has 0 heterocycles. The van der Waals surface area contributed by atoms with Crippen molar-refractivity contribution in [3.8, 4) is 0 Å². The number of unbranched alkanes of at least 4 members (excludes halogenated alkanes) is 10. The largest absolute Gasteiger partial charge is 0.550 e. The normalized spacial score (nSPS) is 13.0. The molecule has 0 aromatic carbocycles. The first-order chi connectivity index (χ1) is 11.1. The zero-order valence-corrected chi connectivity index (χ0v) is 15.8. The predicted octanol–water partition coefficient (Wildman–Crippen LogP) is 5.66. The average Bonchev–Trinajstić information content (AvgIpc) is 2.50. The summed E-state index contributed by atoms with van der Waals surface area (Å²) in [6, 6.07) is 0. The Morgan fingerprint density at radius 2 is 1.30 bits per heavy atom. The molecule has 0 saturated heterocycles. The highest BCUT2D eigenvalue weighted by atomic mass is 16.4. The van der Waals surface area contributed by atoms with Gasteiger partial charge in [0, 0.05) is 11.9 Å². The molecule has 0 aromatic heterocycles. The van der Waals surface area contributed by atoms with E-state index in [0.717, 1.165) is 19.3 Å². The van der Waals surface area contributed by atoms with Crippen LogP contribution in [0.3, 0.4) is 0 Å². The molecular formula is C21H39O2-. The quantitative estimate of drug-likeness (QED) is 0.272. The maximum absolute atomic E-state index is 11.0. The van der Waals surface area contributed by atoms with Gasteiger partial charge in [-0.1, -0.05) is 84.3 Å². The van der Waals surface area contributed by atoms with Gasteiger partial charge in [-0.15, -0.1) is 0 Å². The van der Waals surface area contributed by atoms with Gasteiger partial charge in [-0.25, -0.2) is 0 Å². The Kier molecular flexibility index (Phi) is 15.5. The number of allylic oxidation sites excluding steroid dienone is 2. The van der Waals surface area contributed by atoms with Crippen LogP contribution in [0.5, 0.6) is 0 Å². The molecule has 0 aliphatic heterocycles. The van der Waals surface area contributed by atoms with E-state index in [1.165, 1.54) is 64.2 Å². The van der Waals surface area contributed by atoms with Gasteiger partial charge >= 0.3 is 0 Å². The van der Waals surface area contributed by atoms with E-state index in [1.807, 2.05) is 13.8 Å². The lowest BCUT2D eigenvalue weighted by molar-refractivity contribution is -0.313. The molecule has 0 saturated carbocycles. The standard InChI is InChI=1S/C21H40O2/c1-4-5-6-7-8-9-10-11-12-13-14-15-16-17-18-20(19(2)3)21(22)23/h11-12,19-20H,4-10,13-18H2,1-3H3,(H,22,23)/p-1/b12-11+. The van der Waals surface area contributed by atoms with Crippen molar-refractivity contribution in [1.29, 1.82) is 0 Å². The van der Waals surface area contributed by atoms with Gasteiger partial charge < -0.3 is 9.90 Å². The van der Waals surface area contributed by atoms with E-state index in [1.54, 1.807) is 0 Å². The van der Waals surface area contributed by atoms with E-state index in [2.05, 4.69) is 19.1 Å². The molecule has 1 unspecified atom stereocenters. The van der Waals surface area contributed by atoms with Crippen LogP contribution in [0.15, 0.2) is 12.2 Å². The number of aliphatic carboxylic acids is 1. The molecule has 0 fully saturated rings. The van der Waals surface area contributed by atoms with Crippen LogP contribution in [-0.2, 0) is 4.79 Å². The van der Waals surface area contributed by atoms with E-state index < -0.39 is 5.97 Å². The highest BCUT2D eigenvalue weighted by Crippen LogP contribution is 2.18. The third-order valence-electron chi connectivity index (χ3n) is 4.63.